The number of nitrogens with one attached hydrogen (secondary N) is 3. The summed E-state index contributed by atoms with van der Waals surface area (Å²) in [5.41, 5.74) is 1.62. The first-order chi connectivity index (χ1) is 13.2. The van der Waals surface area contributed by atoms with E-state index in [0.717, 1.165) is 30.1 Å². The lowest BCUT2D eigenvalue weighted by Gasteiger charge is -2.27. The first-order valence-electron chi connectivity index (χ1n) is 9.58. The van der Waals surface area contributed by atoms with Crippen LogP contribution in [0.3, 0.4) is 0 Å². The average Bonchev–Trinajstić information content (AvgIpc) is 3.11. The predicted octanol–water partition coefficient (Wildman–Crippen LogP) is 0.888. The molecule has 3 aliphatic heterocycles. The van der Waals surface area contributed by atoms with Crippen molar-refractivity contribution in [1.29, 1.82) is 0 Å². The number of carbonyl (C=O) groups excluding carboxylic acids is 4. The molecule has 1 aromatic carbocycles. The zero-order valence-corrected chi connectivity index (χ0v) is 16.0. The second-order valence-corrected chi connectivity index (χ2v) is 8.53. The molecule has 2 atom stereocenters. The minimum atomic E-state index is -0.938. The van der Waals surface area contributed by atoms with E-state index in [2.05, 4.69) is 29.8 Å². The van der Waals surface area contributed by atoms with Crippen molar-refractivity contribution in [3.8, 4) is 0 Å². The molecule has 3 aliphatic rings. The van der Waals surface area contributed by atoms with Crippen LogP contribution in [0.2, 0.25) is 0 Å². The van der Waals surface area contributed by atoms with E-state index in [1.54, 1.807) is 18.2 Å². The van der Waals surface area contributed by atoms with Crippen LogP contribution in [0, 0.1) is 5.41 Å². The van der Waals surface area contributed by atoms with Gasteiger partial charge in [0.2, 0.25) is 11.8 Å². The van der Waals surface area contributed by atoms with E-state index in [1.165, 1.54) is 0 Å². The number of hydrogen-bond acceptors (Lipinski definition) is 6. The zero-order chi connectivity index (χ0) is 20.1. The molecule has 3 heterocycles. The van der Waals surface area contributed by atoms with Crippen LogP contribution in [0.25, 0.3) is 0 Å². The van der Waals surface area contributed by atoms with Gasteiger partial charge < -0.3 is 10.6 Å². The minimum Gasteiger partial charge on any atom is -0.383 e. The maximum Gasteiger partial charge on any atom is 0.262 e. The fourth-order valence-electron chi connectivity index (χ4n) is 4.20. The number of anilines is 1. The average molecular weight is 384 g/mol. The van der Waals surface area contributed by atoms with Gasteiger partial charge in [-0.3, -0.25) is 29.4 Å². The molecule has 1 unspecified atom stereocenters. The Morgan fingerprint density at radius 1 is 1.14 bits per heavy atom. The molecule has 2 fully saturated rings. The number of imide groups is 2. The van der Waals surface area contributed by atoms with Crippen molar-refractivity contribution in [1.82, 2.24) is 15.5 Å². The molecule has 0 aromatic heterocycles. The van der Waals surface area contributed by atoms with Crippen LogP contribution in [0.5, 0.6) is 0 Å². The highest BCUT2D eigenvalue weighted by atomic mass is 16.2. The summed E-state index contributed by atoms with van der Waals surface area (Å²) in [5.74, 6) is -1.95. The van der Waals surface area contributed by atoms with Crippen LogP contribution >= 0.6 is 0 Å². The van der Waals surface area contributed by atoms with Crippen molar-refractivity contribution in [3.05, 3.63) is 29.3 Å². The number of fused-ring (bicyclic) bond motifs is 1. The summed E-state index contributed by atoms with van der Waals surface area (Å²) in [4.78, 5) is 50.0. The normalized spacial score (nSPS) is 26.4. The quantitative estimate of drug-likeness (QED) is 0.666. The summed E-state index contributed by atoms with van der Waals surface area (Å²) in [5, 5.41) is 9.01. The Bertz CT molecular complexity index is 879. The highest BCUT2D eigenvalue weighted by molar-refractivity contribution is 6.23. The number of nitrogens with zero attached hydrogens (tertiary/aromatic N) is 1. The van der Waals surface area contributed by atoms with Crippen LogP contribution in [-0.4, -0.2) is 53.7 Å². The Balaban J connectivity index is 1.48. The van der Waals surface area contributed by atoms with E-state index in [-0.39, 0.29) is 24.2 Å². The van der Waals surface area contributed by atoms with Crippen LogP contribution in [-0.2, 0) is 9.59 Å². The van der Waals surface area contributed by atoms with E-state index >= 15 is 0 Å². The predicted molar refractivity (Wildman–Crippen MR) is 102 cm³/mol. The Morgan fingerprint density at radius 2 is 1.89 bits per heavy atom. The third-order valence-corrected chi connectivity index (χ3v) is 5.66. The van der Waals surface area contributed by atoms with Crippen LogP contribution in [0.4, 0.5) is 5.69 Å². The molecule has 1 aromatic rings. The second kappa shape index (κ2) is 6.70. The Labute approximate surface area is 163 Å². The number of piperidine rings is 1. The van der Waals surface area contributed by atoms with Crippen molar-refractivity contribution < 1.29 is 19.2 Å². The van der Waals surface area contributed by atoms with Gasteiger partial charge in [0.05, 0.1) is 11.1 Å². The molecule has 2 saturated heterocycles. The van der Waals surface area contributed by atoms with Crippen molar-refractivity contribution in [3.63, 3.8) is 0 Å². The van der Waals surface area contributed by atoms with Crippen molar-refractivity contribution in [2.75, 3.05) is 18.4 Å². The smallest absolute Gasteiger partial charge is 0.262 e. The first-order valence-corrected chi connectivity index (χ1v) is 9.58. The van der Waals surface area contributed by atoms with Gasteiger partial charge in [0.1, 0.15) is 6.04 Å². The molecule has 0 radical (unpaired) electrons. The SMILES string of the molecule is CC1(C)CN[C@H](CNc2ccc3c(c2)C(=O)N(C2CCC(=O)NC2=O)C3=O)C1. The Morgan fingerprint density at radius 3 is 2.57 bits per heavy atom. The summed E-state index contributed by atoms with van der Waals surface area (Å²) in [6.45, 7) is 6.14. The van der Waals surface area contributed by atoms with Gasteiger partial charge in [-0.15, -0.1) is 0 Å². The second-order valence-electron chi connectivity index (χ2n) is 8.53. The van der Waals surface area contributed by atoms with Crippen LogP contribution in [0.15, 0.2) is 18.2 Å². The van der Waals surface area contributed by atoms with Crippen molar-refractivity contribution >= 4 is 29.3 Å². The standard InChI is InChI=1S/C20H24N4O4/c1-20(2)8-12(22-10-20)9-21-11-3-4-13-14(7-11)19(28)24(18(13)27)15-5-6-16(25)23-17(15)26/h3-4,7,12,15,21-22H,5-6,8-10H2,1-2H3,(H,23,25,26)/t12-,15?/m0/s1. The Hall–Kier alpha value is -2.74. The molecule has 0 spiro atoms. The molecule has 8 heteroatoms. The van der Waals surface area contributed by atoms with E-state index in [0.29, 0.717) is 17.2 Å². The number of hydrogen-bond donors (Lipinski definition) is 3. The molecule has 0 saturated carbocycles. The van der Waals surface area contributed by atoms with Crippen molar-refractivity contribution in [2.24, 2.45) is 5.41 Å². The lowest BCUT2D eigenvalue weighted by molar-refractivity contribution is -0.136. The molecule has 148 valence electrons. The minimum absolute atomic E-state index is 0.112. The third kappa shape index (κ3) is 3.28. The topological polar surface area (TPSA) is 108 Å². The summed E-state index contributed by atoms with van der Waals surface area (Å²) in [6.07, 6.45) is 1.33. The van der Waals surface area contributed by atoms with Gasteiger partial charge in [-0.05, 0) is 36.5 Å². The number of rotatable bonds is 4. The van der Waals surface area contributed by atoms with Gasteiger partial charge in [-0.2, -0.15) is 0 Å². The molecule has 4 amide bonds. The molecule has 8 nitrogen and oxygen atoms in total. The molecule has 4 rings (SSSR count). The lowest BCUT2D eigenvalue weighted by atomic mass is 9.90. The molecule has 3 N–H and O–H groups in total. The lowest BCUT2D eigenvalue weighted by Crippen LogP contribution is -2.54. The molecule has 28 heavy (non-hydrogen) atoms. The van der Waals surface area contributed by atoms with Gasteiger partial charge in [0.25, 0.3) is 11.8 Å². The summed E-state index contributed by atoms with van der Waals surface area (Å²) in [6, 6.07) is 4.47. The van der Waals surface area contributed by atoms with E-state index < -0.39 is 23.8 Å². The number of benzene rings is 1. The summed E-state index contributed by atoms with van der Waals surface area (Å²) < 4.78 is 0. The first kappa shape index (κ1) is 18.6. The molecule has 0 aliphatic carbocycles. The van der Waals surface area contributed by atoms with Gasteiger partial charge in [-0.25, -0.2) is 0 Å². The van der Waals surface area contributed by atoms with Crippen LogP contribution < -0.4 is 16.0 Å². The largest absolute Gasteiger partial charge is 0.383 e. The Kier molecular flexibility index (Phi) is 4.45. The van der Waals surface area contributed by atoms with Gasteiger partial charge in [0.15, 0.2) is 0 Å². The number of carbonyl (C=O) groups is 4. The molecular formula is C20H24N4O4. The zero-order valence-electron chi connectivity index (χ0n) is 16.0. The highest BCUT2D eigenvalue weighted by Gasteiger charge is 2.44. The van der Waals surface area contributed by atoms with Gasteiger partial charge >= 0.3 is 0 Å². The summed E-state index contributed by atoms with van der Waals surface area (Å²) >= 11 is 0. The van der Waals surface area contributed by atoms with Gasteiger partial charge in [-0.1, -0.05) is 13.8 Å². The van der Waals surface area contributed by atoms with Gasteiger partial charge in [0, 0.05) is 31.2 Å². The monoisotopic (exact) mass is 384 g/mol. The van der Waals surface area contributed by atoms with E-state index in [9.17, 15) is 19.2 Å². The highest BCUT2D eigenvalue weighted by Crippen LogP contribution is 2.30. The van der Waals surface area contributed by atoms with E-state index in [1.807, 2.05) is 0 Å². The molecule has 0 bridgehead atoms. The fourth-order valence-corrected chi connectivity index (χ4v) is 4.20. The third-order valence-electron chi connectivity index (χ3n) is 5.66. The fraction of sp³-hybridized carbons (Fsp3) is 0.500. The number of amides is 4. The van der Waals surface area contributed by atoms with E-state index in [4.69, 9.17) is 0 Å². The summed E-state index contributed by atoms with van der Waals surface area (Å²) in [7, 11) is 0. The van der Waals surface area contributed by atoms with Crippen LogP contribution in [0.1, 0.15) is 53.8 Å². The van der Waals surface area contributed by atoms with Crippen molar-refractivity contribution in [2.45, 2.75) is 45.2 Å². The molecular weight excluding hydrogens is 360 g/mol. The maximum absolute atomic E-state index is 12.8. The maximum atomic E-state index is 12.8.